The summed E-state index contributed by atoms with van der Waals surface area (Å²) in [6, 6.07) is 14.0. The summed E-state index contributed by atoms with van der Waals surface area (Å²) in [6.45, 7) is 0. The molecule has 0 saturated carbocycles. The number of carbonyl (C=O) groups excluding carboxylic acids is 1. The molecule has 28 heavy (non-hydrogen) atoms. The Bertz CT molecular complexity index is 884. The fraction of sp³-hybridized carbons (Fsp3) is 0.409. The van der Waals surface area contributed by atoms with E-state index in [2.05, 4.69) is 19.4 Å². The van der Waals surface area contributed by atoms with Gasteiger partial charge < -0.3 is 9.22 Å². The van der Waals surface area contributed by atoms with Gasteiger partial charge in [-0.2, -0.15) is 0 Å². The maximum atomic E-state index is 12.6. The van der Waals surface area contributed by atoms with Gasteiger partial charge in [-0.1, -0.05) is 35.3 Å². The maximum absolute atomic E-state index is 12.6. The minimum atomic E-state index is -0.415. The van der Waals surface area contributed by atoms with Crippen molar-refractivity contribution in [2.24, 2.45) is 0 Å². The molecule has 0 aliphatic carbocycles. The highest BCUT2D eigenvalue weighted by Gasteiger charge is 2.49. The quantitative estimate of drug-likeness (QED) is 0.621. The van der Waals surface area contributed by atoms with Crippen molar-refractivity contribution in [3.05, 3.63) is 52.5 Å². The Morgan fingerprint density at radius 1 is 1.04 bits per heavy atom. The number of halogens is 2. The molecule has 2 fully saturated rings. The number of quaternary nitrogens is 1. The van der Waals surface area contributed by atoms with Crippen LogP contribution in [0.2, 0.25) is 10.0 Å². The van der Waals surface area contributed by atoms with Crippen molar-refractivity contribution < 1.29 is 14.0 Å². The highest BCUT2D eigenvalue weighted by atomic mass is 35.5. The first-order chi connectivity index (χ1) is 13.3. The molecular formula is C22H25Cl2N2O2+. The van der Waals surface area contributed by atoms with Crippen molar-refractivity contribution in [1.29, 1.82) is 0 Å². The molecule has 0 spiro atoms. The lowest BCUT2D eigenvalue weighted by molar-refractivity contribution is -0.931. The average Bonchev–Trinajstić information content (AvgIpc) is 2.81. The average molecular weight is 420 g/mol. The molecular weight excluding hydrogens is 395 g/mol. The molecule has 2 heterocycles. The Morgan fingerprint density at radius 3 is 2.39 bits per heavy atom. The van der Waals surface area contributed by atoms with E-state index in [9.17, 15) is 4.79 Å². The highest BCUT2D eigenvalue weighted by Crippen LogP contribution is 2.40. The molecule has 4 rings (SSSR count). The van der Waals surface area contributed by atoms with Gasteiger partial charge in [-0.25, -0.2) is 4.79 Å². The smallest absolute Gasteiger partial charge is 0.411 e. The lowest BCUT2D eigenvalue weighted by Crippen LogP contribution is -2.56. The lowest BCUT2D eigenvalue weighted by atomic mass is 9.98. The van der Waals surface area contributed by atoms with Gasteiger partial charge in [-0.15, -0.1) is 0 Å². The third-order valence-corrected chi connectivity index (χ3v) is 6.88. The maximum Gasteiger partial charge on any atom is 0.411 e. The van der Waals surface area contributed by atoms with Gasteiger partial charge in [0.25, 0.3) is 0 Å². The highest BCUT2D eigenvalue weighted by molar-refractivity contribution is 6.31. The van der Waals surface area contributed by atoms with Gasteiger partial charge in [0.05, 0.1) is 31.9 Å². The lowest BCUT2D eigenvalue weighted by Gasteiger charge is -2.43. The van der Waals surface area contributed by atoms with Gasteiger partial charge in [-0.3, -0.25) is 5.32 Å². The minimum absolute atomic E-state index is 0.0226. The number of piperidine rings is 1. The first-order valence-corrected chi connectivity index (χ1v) is 10.4. The second-order valence-electron chi connectivity index (χ2n) is 8.34. The SMILES string of the molecule is C[N+]1(C)[C@@H]2CC[C@H]1CC(OC(=O)Nc1ccc(Cl)cc1-c1cccc(Cl)c1)C2. The van der Waals surface area contributed by atoms with Crippen LogP contribution in [0.4, 0.5) is 10.5 Å². The predicted octanol–water partition coefficient (Wildman–Crippen LogP) is 5.98. The van der Waals surface area contributed by atoms with Crippen molar-refractivity contribution in [1.82, 2.24) is 0 Å². The molecule has 2 bridgehead atoms. The molecule has 1 N–H and O–H groups in total. The third-order valence-electron chi connectivity index (χ3n) is 6.41. The molecule has 2 aliphatic rings. The summed E-state index contributed by atoms with van der Waals surface area (Å²) < 4.78 is 6.85. The van der Waals surface area contributed by atoms with E-state index >= 15 is 0 Å². The van der Waals surface area contributed by atoms with E-state index in [0.29, 0.717) is 27.8 Å². The van der Waals surface area contributed by atoms with Gasteiger partial charge >= 0.3 is 6.09 Å². The zero-order valence-electron chi connectivity index (χ0n) is 16.1. The van der Waals surface area contributed by atoms with Crippen molar-refractivity contribution in [3.8, 4) is 11.1 Å². The van der Waals surface area contributed by atoms with E-state index < -0.39 is 6.09 Å². The third kappa shape index (κ3) is 3.86. The number of hydrogen-bond acceptors (Lipinski definition) is 2. The number of nitrogens with zero attached hydrogens (tertiary/aromatic N) is 1. The normalized spacial score (nSPS) is 25.4. The number of anilines is 1. The topological polar surface area (TPSA) is 38.3 Å². The number of benzene rings is 2. The van der Waals surface area contributed by atoms with Gasteiger partial charge in [-0.05, 0) is 35.9 Å². The summed E-state index contributed by atoms with van der Waals surface area (Å²) in [5.41, 5.74) is 2.36. The van der Waals surface area contributed by atoms with E-state index in [1.807, 2.05) is 30.3 Å². The summed E-state index contributed by atoms with van der Waals surface area (Å²) in [5, 5.41) is 4.13. The second-order valence-corrected chi connectivity index (χ2v) is 9.21. The fourth-order valence-electron chi connectivity index (χ4n) is 4.74. The molecule has 0 aromatic heterocycles. The number of carbonyl (C=O) groups is 1. The van der Waals surface area contributed by atoms with Gasteiger partial charge in [0, 0.05) is 41.3 Å². The van der Waals surface area contributed by atoms with E-state index in [0.717, 1.165) is 28.5 Å². The van der Waals surface area contributed by atoms with Gasteiger partial charge in [0.15, 0.2) is 0 Å². The Balaban J connectivity index is 1.48. The second kappa shape index (κ2) is 7.58. The molecule has 1 unspecified atom stereocenters. The van der Waals surface area contributed by atoms with E-state index in [-0.39, 0.29) is 6.10 Å². The van der Waals surface area contributed by atoms with Crippen LogP contribution >= 0.6 is 23.2 Å². The number of rotatable bonds is 3. The van der Waals surface area contributed by atoms with Crippen molar-refractivity contribution in [2.75, 3.05) is 19.4 Å². The van der Waals surface area contributed by atoms with Crippen LogP contribution in [0.3, 0.4) is 0 Å². The van der Waals surface area contributed by atoms with Crippen LogP contribution in [-0.4, -0.2) is 42.9 Å². The summed E-state index contributed by atoms with van der Waals surface area (Å²) in [4.78, 5) is 12.6. The van der Waals surface area contributed by atoms with Crippen LogP contribution in [0.5, 0.6) is 0 Å². The largest absolute Gasteiger partial charge is 0.445 e. The van der Waals surface area contributed by atoms with Gasteiger partial charge in [0.1, 0.15) is 6.10 Å². The number of amides is 1. The number of ether oxygens (including phenoxy) is 1. The van der Waals surface area contributed by atoms with Crippen LogP contribution in [0, 0.1) is 0 Å². The van der Waals surface area contributed by atoms with Crippen LogP contribution < -0.4 is 5.32 Å². The Kier molecular flexibility index (Phi) is 5.30. The van der Waals surface area contributed by atoms with Crippen molar-refractivity contribution >= 4 is 35.0 Å². The summed E-state index contributed by atoms with van der Waals surface area (Å²) >= 11 is 12.3. The van der Waals surface area contributed by atoms with Crippen molar-refractivity contribution in [2.45, 2.75) is 43.9 Å². The molecule has 6 heteroatoms. The minimum Gasteiger partial charge on any atom is -0.445 e. The Labute approximate surface area is 176 Å². The van der Waals surface area contributed by atoms with Crippen LogP contribution in [0.15, 0.2) is 42.5 Å². The van der Waals surface area contributed by atoms with Gasteiger partial charge in [0.2, 0.25) is 0 Å². The summed E-state index contributed by atoms with van der Waals surface area (Å²) in [5.74, 6) is 0. The molecule has 2 saturated heterocycles. The molecule has 2 aliphatic heterocycles. The standard InChI is InChI=1S/C22H24Cl2N2O2/c1-26(2)17-7-8-18(26)13-19(12-17)28-22(27)25-21-9-6-16(24)11-20(21)14-4-3-5-15(23)10-14/h3-6,9-11,17-19H,7-8,12-13H2,1-2H3/p+1/t17-,18+,19?. The molecule has 1 amide bonds. The Hall–Kier alpha value is -1.75. The first-order valence-electron chi connectivity index (χ1n) is 9.69. The van der Waals surface area contributed by atoms with Crippen LogP contribution in [-0.2, 0) is 4.74 Å². The Morgan fingerprint density at radius 2 is 1.71 bits per heavy atom. The molecule has 2 aromatic rings. The van der Waals surface area contributed by atoms with E-state index in [1.165, 1.54) is 12.8 Å². The van der Waals surface area contributed by atoms with Crippen LogP contribution in [0.1, 0.15) is 25.7 Å². The van der Waals surface area contributed by atoms with Crippen LogP contribution in [0.25, 0.3) is 11.1 Å². The summed E-state index contributed by atoms with van der Waals surface area (Å²) in [6.07, 6.45) is 3.86. The number of fused-ring (bicyclic) bond motifs is 2. The molecule has 3 atom stereocenters. The predicted molar refractivity (Wildman–Crippen MR) is 114 cm³/mol. The molecule has 148 valence electrons. The monoisotopic (exact) mass is 419 g/mol. The zero-order valence-corrected chi connectivity index (χ0v) is 17.6. The number of nitrogens with one attached hydrogen (secondary N) is 1. The van der Waals surface area contributed by atoms with Crippen molar-refractivity contribution in [3.63, 3.8) is 0 Å². The fourth-order valence-corrected chi connectivity index (χ4v) is 5.10. The summed E-state index contributed by atoms with van der Waals surface area (Å²) in [7, 11) is 4.59. The first kappa shape index (κ1) is 19.6. The number of hydrogen-bond donors (Lipinski definition) is 1. The van der Waals surface area contributed by atoms with E-state index in [1.54, 1.807) is 12.1 Å². The zero-order chi connectivity index (χ0) is 19.9. The molecule has 4 nitrogen and oxygen atoms in total. The molecule has 0 radical (unpaired) electrons. The van der Waals surface area contributed by atoms with E-state index in [4.69, 9.17) is 27.9 Å². The molecule has 2 aromatic carbocycles.